The quantitative estimate of drug-likeness (QED) is 0.572. The molecule has 0 aliphatic carbocycles. The fourth-order valence-electron chi connectivity index (χ4n) is 0.998. The molecule has 0 spiro atoms. The van der Waals surface area contributed by atoms with Crippen LogP contribution in [0.15, 0.2) is 0 Å². The fraction of sp³-hybridized carbons (Fsp3) is 0.714. The van der Waals surface area contributed by atoms with Crippen LogP contribution in [0.25, 0.3) is 0 Å². The number of thiocyanates is 1. The summed E-state index contributed by atoms with van der Waals surface area (Å²) in [7, 11) is 0. The largest absolute Gasteiger partial charge is 0.378 e. The molecule has 66 valence electrons. The zero-order valence-electron chi connectivity index (χ0n) is 6.65. The second-order valence-electron chi connectivity index (χ2n) is 2.37. The molecule has 1 saturated heterocycles. The van der Waals surface area contributed by atoms with Crippen molar-refractivity contribution in [1.82, 2.24) is 4.90 Å². The van der Waals surface area contributed by atoms with Crippen LogP contribution >= 0.6 is 11.8 Å². The Hall–Kier alpha value is -0.730. The highest BCUT2D eigenvalue weighted by Crippen LogP contribution is 2.02. The van der Waals surface area contributed by atoms with Crippen LogP contribution in [0.1, 0.15) is 0 Å². The zero-order valence-corrected chi connectivity index (χ0v) is 7.47. The molecule has 0 saturated carbocycles. The molecule has 0 atom stereocenters. The van der Waals surface area contributed by atoms with Crippen molar-refractivity contribution in [2.45, 2.75) is 0 Å². The summed E-state index contributed by atoms with van der Waals surface area (Å²) < 4.78 is 5.09. The molecule has 4 nitrogen and oxygen atoms in total. The van der Waals surface area contributed by atoms with Gasteiger partial charge in [-0.25, -0.2) is 0 Å². The summed E-state index contributed by atoms with van der Waals surface area (Å²) in [6, 6.07) is 0. The summed E-state index contributed by atoms with van der Waals surface area (Å²) in [4.78, 5) is 13.0. The lowest BCUT2D eigenvalue weighted by molar-refractivity contribution is -0.132. The highest BCUT2D eigenvalue weighted by atomic mass is 32.2. The first-order valence-electron chi connectivity index (χ1n) is 3.71. The fourth-order valence-corrected chi connectivity index (χ4v) is 1.37. The van der Waals surface area contributed by atoms with Gasteiger partial charge in [0.25, 0.3) is 0 Å². The molecule has 0 aromatic rings. The Labute approximate surface area is 75.5 Å². The van der Waals surface area contributed by atoms with E-state index in [0.29, 0.717) is 26.3 Å². The first-order valence-corrected chi connectivity index (χ1v) is 4.69. The van der Waals surface area contributed by atoms with Crippen molar-refractivity contribution >= 4 is 17.7 Å². The van der Waals surface area contributed by atoms with Crippen molar-refractivity contribution < 1.29 is 9.53 Å². The van der Waals surface area contributed by atoms with E-state index < -0.39 is 0 Å². The smallest absolute Gasteiger partial charge is 0.233 e. The maximum absolute atomic E-state index is 11.3. The normalized spacial score (nSPS) is 17.1. The van der Waals surface area contributed by atoms with Gasteiger partial charge < -0.3 is 9.64 Å². The molecule has 1 amide bonds. The van der Waals surface area contributed by atoms with Gasteiger partial charge in [-0.2, -0.15) is 5.26 Å². The van der Waals surface area contributed by atoms with E-state index in [1.165, 1.54) is 0 Å². The number of carbonyl (C=O) groups is 1. The topological polar surface area (TPSA) is 53.3 Å². The molecule has 0 N–H and O–H groups in total. The predicted octanol–water partition coefficient (Wildman–Crippen LogP) is 0.0595. The van der Waals surface area contributed by atoms with Crippen molar-refractivity contribution in [3.05, 3.63) is 0 Å². The van der Waals surface area contributed by atoms with Crippen LogP contribution in [-0.2, 0) is 9.53 Å². The van der Waals surface area contributed by atoms with Crippen molar-refractivity contribution in [3.8, 4) is 5.40 Å². The molecule has 12 heavy (non-hydrogen) atoms. The number of carbonyl (C=O) groups excluding carboxylic acids is 1. The Morgan fingerprint density at radius 1 is 1.58 bits per heavy atom. The number of nitriles is 1. The molecular formula is C7H10N2O2S. The van der Waals surface area contributed by atoms with Crippen LogP contribution in [0.2, 0.25) is 0 Å². The molecule has 1 aliphatic rings. The van der Waals surface area contributed by atoms with E-state index in [9.17, 15) is 4.79 Å². The number of amides is 1. The number of morpholine rings is 1. The van der Waals surface area contributed by atoms with Gasteiger partial charge >= 0.3 is 0 Å². The molecule has 0 bridgehead atoms. The third-order valence-electron chi connectivity index (χ3n) is 1.62. The monoisotopic (exact) mass is 186 g/mol. The van der Waals surface area contributed by atoms with Gasteiger partial charge in [0.05, 0.1) is 19.0 Å². The Morgan fingerprint density at radius 3 is 2.83 bits per heavy atom. The maximum atomic E-state index is 11.3. The zero-order chi connectivity index (χ0) is 8.81. The Bertz CT molecular complexity index is 196. The third kappa shape index (κ3) is 2.72. The lowest BCUT2D eigenvalue weighted by Crippen LogP contribution is -2.41. The van der Waals surface area contributed by atoms with Crippen LogP contribution < -0.4 is 0 Å². The second-order valence-corrected chi connectivity index (χ2v) is 3.13. The summed E-state index contributed by atoms with van der Waals surface area (Å²) in [5.74, 6) is 0.293. The molecule has 1 rings (SSSR count). The maximum Gasteiger partial charge on any atom is 0.233 e. The Morgan fingerprint density at radius 2 is 2.25 bits per heavy atom. The summed E-state index contributed by atoms with van der Waals surface area (Å²) in [5.41, 5.74) is 0. The molecule has 0 aromatic heterocycles. The van der Waals surface area contributed by atoms with Crippen molar-refractivity contribution in [3.63, 3.8) is 0 Å². The molecule has 1 fully saturated rings. The summed E-state index contributed by atoms with van der Waals surface area (Å²) in [6.45, 7) is 2.54. The van der Waals surface area contributed by atoms with Crippen LogP contribution in [-0.4, -0.2) is 42.9 Å². The number of thioether (sulfide) groups is 1. The molecule has 0 aromatic carbocycles. The number of hydrogen-bond acceptors (Lipinski definition) is 4. The average Bonchev–Trinajstić information content (AvgIpc) is 2.15. The minimum atomic E-state index is 0.0323. The van der Waals surface area contributed by atoms with E-state index in [-0.39, 0.29) is 11.7 Å². The van der Waals surface area contributed by atoms with Crippen molar-refractivity contribution in [2.75, 3.05) is 32.1 Å². The van der Waals surface area contributed by atoms with Crippen molar-refractivity contribution in [2.24, 2.45) is 0 Å². The summed E-state index contributed by atoms with van der Waals surface area (Å²) in [5, 5.41) is 10.1. The Kier molecular flexibility index (Phi) is 3.91. The van der Waals surface area contributed by atoms with Gasteiger partial charge in [0.1, 0.15) is 5.40 Å². The van der Waals surface area contributed by atoms with Gasteiger partial charge in [-0.3, -0.25) is 4.79 Å². The number of rotatable bonds is 2. The number of nitrogens with zero attached hydrogens (tertiary/aromatic N) is 2. The van der Waals surface area contributed by atoms with E-state index in [0.717, 1.165) is 11.8 Å². The lowest BCUT2D eigenvalue weighted by atomic mass is 10.4. The summed E-state index contributed by atoms with van der Waals surface area (Å²) >= 11 is 0.983. The van der Waals surface area contributed by atoms with Gasteiger partial charge in [-0.05, 0) is 11.8 Å². The highest BCUT2D eigenvalue weighted by Gasteiger charge is 2.15. The number of ether oxygens (including phenoxy) is 1. The standard InChI is InChI=1S/C7H10N2O2S/c8-6-12-5-7(10)9-1-3-11-4-2-9/h1-5H2. The molecule has 5 heteroatoms. The third-order valence-corrected chi connectivity index (χ3v) is 2.14. The summed E-state index contributed by atoms with van der Waals surface area (Å²) in [6.07, 6.45) is 0. The van der Waals surface area contributed by atoms with Gasteiger partial charge in [-0.15, -0.1) is 0 Å². The van der Waals surface area contributed by atoms with Crippen molar-refractivity contribution in [1.29, 1.82) is 5.26 Å². The van der Waals surface area contributed by atoms with Gasteiger partial charge in [0, 0.05) is 13.1 Å². The van der Waals surface area contributed by atoms with Gasteiger partial charge in [0.15, 0.2) is 0 Å². The average molecular weight is 186 g/mol. The van der Waals surface area contributed by atoms with E-state index >= 15 is 0 Å². The Balaban J connectivity index is 2.26. The second kappa shape index (κ2) is 5.01. The van der Waals surface area contributed by atoms with E-state index in [4.69, 9.17) is 10.00 Å². The SMILES string of the molecule is N#CSCC(=O)N1CCOCC1. The predicted molar refractivity (Wildman–Crippen MR) is 45.5 cm³/mol. The molecule has 1 aliphatic heterocycles. The van der Waals surface area contributed by atoms with Gasteiger partial charge in [0.2, 0.25) is 5.91 Å². The van der Waals surface area contributed by atoms with E-state index in [2.05, 4.69) is 0 Å². The van der Waals surface area contributed by atoms with E-state index in [1.807, 2.05) is 5.40 Å². The molecule has 0 radical (unpaired) electrons. The minimum Gasteiger partial charge on any atom is -0.378 e. The van der Waals surface area contributed by atoms with Crippen LogP contribution in [0.3, 0.4) is 0 Å². The highest BCUT2D eigenvalue weighted by molar-refractivity contribution is 8.04. The number of hydrogen-bond donors (Lipinski definition) is 0. The van der Waals surface area contributed by atoms with Crippen LogP contribution in [0, 0.1) is 10.7 Å². The van der Waals surface area contributed by atoms with Gasteiger partial charge in [-0.1, -0.05) is 0 Å². The molecule has 1 heterocycles. The van der Waals surface area contributed by atoms with Crippen LogP contribution in [0.4, 0.5) is 0 Å². The first-order chi connectivity index (χ1) is 5.84. The first kappa shape index (κ1) is 9.36. The van der Waals surface area contributed by atoms with E-state index in [1.54, 1.807) is 4.90 Å². The molecular weight excluding hydrogens is 176 g/mol. The van der Waals surface area contributed by atoms with Crippen LogP contribution in [0.5, 0.6) is 0 Å². The molecule has 0 unspecified atom stereocenters. The lowest BCUT2D eigenvalue weighted by Gasteiger charge is -2.26. The minimum absolute atomic E-state index is 0.0323.